The Kier molecular flexibility index (Phi) is 4.16. The Bertz CT molecular complexity index is 1130. The highest BCUT2D eigenvalue weighted by molar-refractivity contribution is 9.10. The van der Waals surface area contributed by atoms with Crippen LogP contribution in [0.3, 0.4) is 0 Å². The van der Waals surface area contributed by atoms with Gasteiger partial charge in [0.05, 0.1) is 16.1 Å². The second-order valence-electron chi connectivity index (χ2n) is 6.40. The summed E-state index contributed by atoms with van der Waals surface area (Å²) in [5.41, 5.74) is 2.39. The molecule has 0 radical (unpaired) electrons. The molecule has 2 aromatic carbocycles. The summed E-state index contributed by atoms with van der Waals surface area (Å²) >= 11 is 3.30. The molecule has 4 rings (SSSR count). The molecule has 0 saturated heterocycles. The molecule has 0 bridgehead atoms. The van der Waals surface area contributed by atoms with Crippen LogP contribution in [0.1, 0.15) is 34.5 Å². The van der Waals surface area contributed by atoms with Gasteiger partial charge in [-0.15, -0.1) is 0 Å². The molecule has 0 saturated carbocycles. The molecule has 0 fully saturated rings. The third-order valence-corrected chi connectivity index (χ3v) is 6.47. The molecule has 7 heteroatoms. The molecule has 1 aliphatic rings. The van der Waals surface area contributed by atoms with Crippen LogP contribution in [0.5, 0.6) is 0 Å². The molecule has 0 unspecified atom stereocenters. The molecular weight excluding hydrogens is 418 g/mol. The molecule has 0 aliphatic heterocycles. The molecule has 1 aliphatic carbocycles. The van der Waals surface area contributed by atoms with Crippen molar-refractivity contribution in [3.8, 4) is 0 Å². The van der Waals surface area contributed by atoms with Crippen molar-refractivity contribution in [1.29, 1.82) is 0 Å². The molecule has 5 nitrogen and oxygen atoms in total. The van der Waals surface area contributed by atoms with Gasteiger partial charge < -0.3 is 4.42 Å². The van der Waals surface area contributed by atoms with E-state index in [-0.39, 0.29) is 10.7 Å². The van der Waals surface area contributed by atoms with Gasteiger partial charge in [0.25, 0.3) is 10.0 Å². The number of fused-ring (bicyclic) bond motifs is 3. The van der Waals surface area contributed by atoms with Crippen LogP contribution in [-0.2, 0) is 16.4 Å². The third-order valence-electron chi connectivity index (χ3n) is 4.56. The number of anilines is 1. The van der Waals surface area contributed by atoms with Crippen molar-refractivity contribution >= 4 is 48.4 Å². The summed E-state index contributed by atoms with van der Waals surface area (Å²) < 4.78 is 34.6. The highest BCUT2D eigenvalue weighted by Crippen LogP contribution is 2.35. The van der Waals surface area contributed by atoms with E-state index in [4.69, 9.17) is 4.42 Å². The van der Waals surface area contributed by atoms with Crippen molar-refractivity contribution < 1.29 is 17.6 Å². The number of rotatable bonds is 3. The number of halogens is 1. The Balaban J connectivity index is 1.79. The Hall–Kier alpha value is -2.12. The van der Waals surface area contributed by atoms with Gasteiger partial charge in [0.1, 0.15) is 11.3 Å². The van der Waals surface area contributed by atoms with E-state index < -0.39 is 10.0 Å². The predicted octanol–water partition coefficient (Wildman–Crippen LogP) is 4.82. The van der Waals surface area contributed by atoms with Crippen molar-refractivity contribution in [3.63, 3.8) is 0 Å². The maximum Gasteiger partial charge on any atom is 0.261 e. The number of hydrogen-bond acceptors (Lipinski definition) is 4. The lowest BCUT2D eigenvalue weighted by atomic mass is 9.94. The van der Waals surface area contributed by atoms with Gasteiger partial charge in [-0.1, -0.05) is 15.9 Å². The summed E-state index contributed by atoms with van der Waals surface area (Å²) in [6, 6.07) is 9.89. The topological polar surface area (TPSA) is 76.4 Å². The molecule has 1 heterocycles. The summed E-state index contributed by atoms with van der Waals surface area (Å²) in [5.74, 6) is 0.749. The number of carbonyl (C=O) groups is 1. The molecule has 3 aromatic rings. The van der Waals surface area contributed by atoms with Crippen molar-refractivity contribution in [2.24, 2.45) is 0 Å². The maximum atomic E-state index is 12.7. The van der Waals surface area contributed by atoms with E-state index >= 15 is 0 Å². The first-order valence-electron chi connectivity index (χ1n) is 8.23. The first-order valence-corrected chi connectivity index (χ1v) is 10.5. The SMILES string of the molecule is Cc1cc2oc3c(c2cc1NS(=O)(=O)c1ccc(Br)cc1)C(=O)CCC3. The van der Waals surface area contributed by atoms with Crippen molar-refractivity contribution in [2.45, 2.75) is 31.1 Å². The molecule has 0 amide bonds. The van der Waals surface area contributed by atoms with Gasteiger partial charge in [0, 0.05) is 22.7 Å². The van der Waals surface area contributed by atoms with Crippen molar-refractivity contribution in [2.75, 3.05) is 4.72 Å². The average Bonchev–Trinajstić information content (AvgIpc) is 2.94. The van der Waals surface area contributed by atoms with Crippen LogP contribution in [0.15, 0.2) is 50.2 Å². The summed E-state index contributed by atoms with van der Waals surface area (Å²) in [5, 5.41) is 0.670. The van der Waals surface area contributed by atoms with Crippen molar-refractivity contribution in [1.82, 2.24) is 0 Å². The lowest BCUT2D eigenvalue weighted by Crippen LogP contribution is -2.14. The van der Waals surface area contributed by atoms with Crippen LogP contribution in [0.2, 0.25) is 0 Å². The average molecular weight is 434 g/mol. The zero-order valence-electron chi connectivity index (χ0n) is 14.0. The summed E-state index contributed by atoms with van der Waals surface area (Å²) in [6.45, 7) is 1.81. The lowest BCUT2D eigenvalue weighted by molar-refractivity contribution is 0.0971. The number of carbonyl (C=O) groups excluding carboxylic acids is 1. The quantitative estimate of drug-likeness (QED) is 0.641. The highest BCUT2D eigenvalue weighted by atomic mass is 79.9. The Labute approximate surface area is 159 Å². The monoisotopic (exact) mass is 433 g/mol. The summed E-state index contributed by atoms with van der Waals surface area (Å²) in [6.07, 6.45) is 2.01. The number of aryl methyl sites for hydroxylation is 2. The van der Waals surface area contributed by atoms with Gasteiger partial charge in [-0.25, -0.2) is 8.42 Å². The smallest absolute Gasteiger partial charge is 0.261 e. The molecule has 1 aromatic heterocycles. The van der Waals surface area contributed by atoms with Crippen LogP contribution in [0.25, 0.3) is 11.0 Å². The van der Waals surface area contributed by atoms with Crippen LogP contribution in [-0.4, -0.2) is 14.2 Å². The van der Waals surface area contributed by atoms with Crippen LogP contribution in [0.4, 0.5) is 5.69 Å². The molecule has 0 spiro atoms. The minimum absolute atomic E-state index is 0.0515. The van der Waals surface area contributed by atoms with E-state index in [9.17, 15) is 13.2 Å². The molecule has 1 N–H and O–H groups in total. The Morgan fingerprint density at radius 1 is 1.12 bits per heavy atom. The fourth-order valence-electron chi connectivity index (χ4n) is 3.24. The van der Waals surface area contributed by atoms with Gasteiger partial charge in [-0.2, -0.15) is 0 Å². The largest absolute Gasteiger partial charge is 0.460 e. The molecular formula is C19H16BrNO4S. The van der Waals surface area contributed by atoms with Gasteiger partial charge in [0.15, 0.2) is 5.78 Å². The van der Waals surface area contributed by atoms with Crippen LogP contribution < -0.4 is 4.72 Å². The Morgan fingerprint density at radius 2 is 1.85 bits per heavy atom. The zero-order valence-corrected chi connectivity index (χ0v) is 16.4. The van der Waals surface area contributed by atoms with E-state index in [1.54, 1.807) is 24.3 Å². The fraction of sp³-hybridized carbons (Fsp3) is 0.211. The summed E-state index contributed by atoms with van der Waals surface area (Å²) in [4.78, 5) is 12.5. The normalized spacial score (nSPS) is 14.5. The van der Waals surface area contributed by atoms with Gasteiger partial charge >= 0.3 is 0 Å². The Morgan fingerprint density at radius 3 is 2.58 bits per heavy atom. The first-order chi connectivity index (χ1) is 12.3. The predicted molar refractivity (Wildman–Crippen MR) is 103 cm³/mol. The van der Waals surface area contributed by atoms with E-state index in [0.717, 1.165) is 22.9 Å². The number of nitrogens with one attached hydrogen (secondary N) is 1. The van der Waals surface area contributed by atoms with Crippen molar-refractivity contribution in [3.05, 3.63) is 57.8 Å². The van der Waals surface area contributed by atoms with E-state index in [1.165, 1.54) is 12.1 Å². The number of Topliss-reactive ketones (excluding diaryl/α,β-unsaturated/α-hetero) is 1. The number of ketones is 1. The van der Waals surface area contributed by atoms with Gasteiger partial charge in [0.2, 0.25) is 0 Å². The first kappa shape index (κ1) is 17.3. The summed E-state index contributed by atoms with van der Waals surface area (Å²) in [7, 11) is -3.73. The lowest BCUT2D eigenvalue weighted by Gasteiger charge is -2.11. The number of sulfonamides is 1. The highest BCUT2D eigenvalue weighted by Gasteiger charge is 2.25. The van der Waals surface area contributed by atoms with Gasteiger partial charge in [-0.05, 0) is 55.3 Å². The number of hydrogen-bond donors (Lipinski definition) is 1. The second kappa shape index (κ2) is 6.25. The van der Waals surface area contributed by atoms with Crippen LogP contribution in [0, 0.1) is 6.92 Å². The number of furan rings is 1. The number of benzene rings is 2. The van der Waals surface area contributed by atoms with Crippen LogP contribution >= 0.6 is 15.9 Å². The molecule has 26 heavy (non-hydrogen) atoms. The van der Waals surface area contributed by atoms with E-state index in [0.29, 0.717) is 34.4 Å². The fourth-order valence-corrected chi connectivity index (χ4v) is 4.62. The zero-order chi connectivity index (χ0) is 18.5. The maximum absolute atomic E-state index is 12.7. The standard InChI is InChI=1S/C19H16BrNO4S/c1-11-9-18-14(19-16(22)3-2-4-17(19)25-18)10-15(11)21-26(23,24)13-7-5-12(20)6-8-13/h5-10,21H,2-4H2,1H3. The van der Waals surface area contributed by atoms with E-state index in [2.05, 4.69) is 20.7 Å². The third kappa shape index (κ3) is 2.95. The minimum atomic E-state index is -3.73. The van der Waals surface area contributed by atoms with E-state index in [1.807, 2.05) is 6.92 Å². The molecule has 0 atom stereocenters. The van der Waals surface area contributed by atoms with Gasteiger partial charge in [-0.3, -0.25) is 9.52 Å². The minimum Gasteiger partial charge on any atom is -0.460 e. The molecule has 134 valence electrons. The second-order valence-corrected chi connectivity index (χ2v) is 9.00.